The van der Waals surface area contributed by atoms with Gasteiger partial charge in [-0.1, -0.05) is 11.6 Å². The van der Waals surface area contributed by atoms with E-state index < -0.39 is 0 Å². The van der Waals surface area contributed by atoms with E-state index in [-0.39, 0.29) is 18.3 Å². The highest BCUT2D eigenvalue weighted by molar-refractivity contribution is 6.32. The Balaban J connectivity index is 0.00000144. The molecule has 1 amide bonds. The van der Waals surface area contributed by atoms with Crippen LogP contribution in [0, 0.1) is 0 Å². The number of quaternary nitrogens is 1. The van der Waals surface area contributed by atoms with Gasteiger partial charge in [0.1, 0.15) is 5.75 Å². The van der Waals surface area contributed by atoms with Gasteiger partial charge in [-0.15, -0.1) is 5.10 Å². The molecule has 0 aromatic heterocycles. The summed E-state index contributed by atoms with van der Waals surface area (Å²) in [7, 11) is 1.56. The summed E-state index contributed by atoms with van der Waals surface area (Å²) in [5, 5.41) is 6.22. The molecular formula is C10H11Cl2N3O2. The van der Waals surface area contributed by atoms with Gasteiger partial charge in [0, 0.05) is 0 Å². The molecule has 1 aromatic rings. The molecule has 0 fully saturated rings. The highest BCUT2D eigenvalue weighted by Gasteiger charge is 2.17. The number of amidine groups is 1. The number of carbonyl (C=O) groups is 1. The van der Waals surface area contributed by atoms with E-state index >= 15 is 0 Å². The Bertz CT molecular complexity index is 463. The van der Waals surface area contributed by atoms with E-state index in [0.717, 1.165) is 5.56 Å². The zero-order valence-electron chi connectivity index (χ0n) is 9.04. The van der Waals surface area contributed by atoms with Crippen LogP contribution in [-0.2, 0) is 4.79 Å². The van der Waals surface area contributed by atoms with Crippen molar-refractivity contribution in [2.24, 2.45) is 5.10 Å². The molecule has 17 heavy (non-hydrogen) atoms. The Kier molecular flexibility index (Phi) is 4.74. The van der Waals surface area contributed by atoms with Crippen LogP contribution in [0.4, 0.5) is 0 Å². The fraction of sp³-hybridized carbons (Fsp3) is 0.200. The van der Waals surface area contributed by atoms with Crippen molar-refractivity contribution in [1.29, 1.82) is 0 Å². The summed E-state index contributed by atoms with van der Waals surface area (Å²) >= 11 is 6.00. The molecule has 0 unspecified atom stereocenters. The summed E-state index contributed by atoms with van der Waals surface area (Å²) in [5.74, 6) is 1.22. The molecule has 0 spiro atoms. The Morgan fingerprint density at radius 3 is 2.82 bits per heavy atom. The molecule has 0 aliphatic carbocycles. The molecular weight excluding hydrogens is 265 g/mol. The molecule has 5 nitrogen and oxygen atoms in total. The second kappa shape index (κ2) is 5.86. The summed E-state index contributed by atoms with van der Waals surface area (Å²) < 4.78 is 5.05. The van der Waals surface area contributed by atoms with Gasteiger partial charge in [-0.2, -0.15) is 0 Å². The number of nitrogens with zero attached hydrogens (tertiary/aromatic N) is 1. The van der Waals surface area contributed by atoms with Crippen molar-refractivity contribution in [3.63, 3.8) is 0 Å². The van der Waals surface area contributed by atoms with Crippen LogP contribution < -0.4 is 27.9 Å². The van der Waals surface area contributed by atoms with E-state index in [9.17, 15) is 4.79 Å². The zero-order valence-corrected chi connectivity index (χ0v) is 10.5. The van der Waals surface area contributed by atoms with E-state index in [4.69, 9.17) is 16.3 Å². The van der Waals surface area contributed by atoms with Crippen LogP contribution in [0.25, 0.3) is 0 Å². The summed E-state index contributed by atoms with van der Waals surface area (Å²) in [6.45, 7) is 0.336. The molecule has 3 N–H and O–H groups in total. The normalized spacial score (nSPS) is 14.5. The third kappa shape index (κ3) is 3.09. The first-order valence-corrected chi connectivity index (χ1v) is 5.12. The average Bonchev–Trinajstić information content (AvgIpc) is 2.30. The molecule has 0 atom stereocenters. The highest BCUT2D eigenvalue weighted by atomic mass is 35.5. The summed E-state index contributed by atoms with van der Waals surface area (Å²) in [6, 6.07) is 5.37. The molecule has 7 heteroatoms. The topological polar surface area (TPSA) is 67.3 Å². The third-order valence-corrected chi connectivity index (χ3v) is 2.52. The van der Waals surface area contributed by atoms with Gasteiger partial charge in [0.2, 0.25) is 5.84 Å². The number of nitrogens with one attached hydrogen (secondary N) is 1. The number of rotatable bonds is 2. The SMILES string of the molecule is COc1ccc(C2=NNC(=O)C[NH2+]2)cc1Cl.[Cl-]. The molecule has 1 aliphatic heterocycles. The fourth-order valence-corrected chi connectivity index (χ4v) is 1.67. The first-order valence-electron chi connectivity index (χ1n) is 4.74. The minimum absolute atomic E-state index is 0. The number of hydrogen-bond acceptors (Lipinski definition) is 3. The predicted octanol–water partition coefficient (Wildman–Crippen LogP) is -3.29. The number of hydrazone groups is 1. The highest BCUT2D eigenvalue weighted by Crippen LogP contribution is 2.24. The Hall–Kier alpha value is -1.30. The maximum absolute atomic E-state index is 10.9. The number of nitrogens with two attached hydrogens (primary N) is 1. The average molecular weight is 276 g/mol. The maximum atomic E-state index is 10.9. The number of methoxy groups -OCH3 is 1. The Labute approximate surface area is 110 Å². The lowest BCUT2D eigenvalue weighted by Crippen LogP contribution is -3.00. The largest absolute Gasteiger partial charge is 1.00 e. The molecule has 0 saturated heterocycles. The summed E-state index contributed by atoms with van der Waals surface area (Å²) in [5.41, 5.74) is 3.27. The molecule has 0 bridgehead atoms. The first-order chi connectivity index (χ1) is 7.70. The van der Waals surface area contributed by atoms with E-state index in [0.29, 0.717) is 23.2 Å². The molecule has 0 saturated carbocycles. The maximum Gasteiger partial charge on any atom is 0.295 e. The van der Waals surface area contributed by atoms with E-state index in [2.05, 4.69) is 10.5 Å². The van der Waals surface area contributed by atoms with Crippen LogP contribution in [0.2, 0.25) is 5.02 Å². The van der Waals surface area contributed by atoms with Crippen molar-refractivity contribution >= 4 is 23.3 Å². The van der Waals surface area contributed by atoms with Gasteiger partial charge in [-0.05, 0) is 18.2 Å². The van der Waals surface area contributed by atoms with Gasteiger partial charge in [-0.25, -0.2) is 5.43 Å². The number of carbonyl (C=O) groups excluding carboxylic acids is 1. The van der Waals surface area contributed by atoms with Crippen molar-refractivity contribution in [1.82, 2.24) is 5.43 Å². The van der Waals surface area contributed by atoms with Crippen molar-refractivity contribution in [2.45, 2.75) is 0 Å². The van der Waals surface area contributed by atoms with E-state index in [1.807, 2.05) is 6.07 Å². The lowest BCUT2D eigenvalue weighted by atomic mass is 10.2. The van der Waals surface area contributed by atoms with Crippen LogP contribution in [0.15, 0.2) is 23.3 Å². The number of amides is 1. The van der Waals surface area contributed by atoms with Gasteiger partial charge in [0.15, 0.2) is 6.54 Å². The molecule has 1 aromatic carbocycles. The van der Waals surface area contributed by atoms with Gasteiger partial charge in [0.05, 0.1) is 17.7 Å². The lowest BCUT2D eigenvalue weighted by Gasteiger charge is -2.10. The number of benzene rings is 1. The molecule has 2 rings (SSSR count). The summed E-state index contributed by atoms with van der Waals surface area (Å²) in [4.78, 5) is 10.9. The smallest absolute Gasteiger partial charge is 0.295 e. The van der Waals surface area contributed by atoms with Gasteiger partial charge in [0.25, 0.3) is 5.91 Å². The molecule has 92 valence electrons. The third-order valence-electron chi connectivity index (χ3n) is 2.23. The quantitative estimate of drug-likeness (QED) is 0.594. The molecule has 0 radical (unpaired) electrons. The summed E-state index contributed by atoms with van der Waals surface area (Å²) in [6.07, 6.45) is 0. The zero-order chi connectivity index (χ0) is 11.5. The fourth-order valence-electron chi connectivity index (χ4n) is 1.41. The number of halogens is 2. The van der Waals surface area contributed by atoms with E-state index in [1.165, 1.54) is 0 Å². The van der Waals surface area contributed by atoms with Crippen molar-refractivity contribution in [3.05, 3.63) is 28.8 Å². The minimum atomic E-state index is -0.108. The van der Waals surface area contributed by atoms with Crippen LogP contribution in [0.5, 0.6) is 5.75 Å². The second-order valence-electron chi connectivity index (χ2n) is 3.29. The monoisotopic (exact) mass is 275 g/mol. The van der Waals surface area contributed by atoms with Gasteiger partial charge < -0.3 is 17.1 Å². The van der Waals surface area contributed by atoms with Crippen molar-refractivity contribution in [2.75, 3.05) is 13.7 Å². The van der Waals surface area contributed by atoms with Crippen LogP contribution >= 0.6 is 11.6 Å². The van der Waals surface area contributed by atoms with Crippen molar-refractivity contribution in [3.8, 4) is 5.75 Å². The van der Waals surface area contributed by atoms with Crippen LogP contribution in [-0.4, -0.2) is 25.4 Å². The second-order valence-corrected chi connectivity index (χ2v) is 3.70. The number of hydrogen-bond donors (Lipinski definition) is 2. The predicted molar refractivity (Wildman–Crippen MR) is 59.5 cm³/mol. The first kappa shape index (κ1) is 13.8. The van der Waals surface area contributed by atoms with Crippen LogP contribution in [0.1, 0.15) is 5.56 Å². The Morgan fingerprint density at radius 2 is 2.29 bits per heavy atom. The van der Waals surface area contributed by atoms with E-state index in [1.54, 1.807) is 24.6 Å². The standard InChI is InChI=1S/C10H10ClN3O2.ClH/c1-16-8-3-2-6(4-7(8)11)10-12-5-9(15)13-14-10;/h2-4H,5H2,1H3,(H,12,14)(H,13,15);1H. The lowest BCUT2D eigenvalue weighted by molar-refractivity contribution is -0.529. The molecule has 1 aliphatic rings. The van der Waals surface area contributed by atoms with Crippen LogP contribution in [0.3, 0.4) is 0 Å². The Morgan fingerprint density at radius 1 is 1.53 bits per heavy atom. The molecule has 1 heterocycles. The van der Waals surface area contributed by atoms with Gasteiger partial charge in [-0.3, -0.25) is 10.1 Å². The van der Waals surface area contributed by atoms with Gasteiger partial charge >= 0.3 is 0 Å². The number of ether oxygens (including phenoxy) is 1. The minimum Gasteiger partial charge on any atom is -1.00 e. The van der Waals surface area contributed by atoms with Crippen molar-refractivity contribution < 1.29 is 27.3 Å².